The Morgan fingerprint density at radius 3 is 2.45 bits per heavy atom. The highest BCUT2D eigenvalue weighted by Gasteiger charge is 2.20. The van der Waals surface area contributed by atoms with E-state index >= 15 is 0 Å². The van der Waals surface area contributed by atoms with E-state index < -0.39 is 0 Å². The van der Waals surface area contributed by atoms with Crippen LogP contribution in [0, 0.1) is 11.7 Å². The van der Waals surface area contributed by atoms with Crippen LogP contribution in [0.5, 0.6) is 5.75 Å². The first kappa shape index (κ1) is 17.0. The Kier molecular flexibility index (Phi) is 7.60. The fourth-order valence-corrected chi connectivity index (χ4v) is 2.70. The average molecular weight is 281 g/mol. The van der Waals surface area contributed by atoms with Crippen LogP contribution in [0.4, 0.5) is 4.39 Å². The van der Waals surface area contributed by atoms with Gasteiger partial charge in [0.15, 0.2) is 11.6 Å². The fourth-order valence-electron chi connectivity index (χ4n) is 2.70. The molecule has 0 aromatic heterocycles. The van der Waals surface area contributed by atoms with E-state index in [1.54, 1.807) is 6.07 Å². The third-order valence-corrected chi connectivity index (χ3v) is 3.98. The number of hydrogen-bond acceptors (Lipinski definition) is 2. The second-order valence-corrected chi connectivity index (χ2v) is 5.27. The lowest BCUT2D eigenvalue weighted by Crippen LogP contribution is -2.38. The van der Waals surface area contributed by atoms with Crippen LogP contribution in [0.15, 0.2) is 18.2 Å². The molecule has 1 aromatic rings. The average Bonchev–Trinajstić information content (AvgIpc) is 2.47. The molecule has 20 heavy (non-hydrogen) atoms. The van der Waals surface area contributed by atoms with Crippen LogP contribution >= 0.6 is 0 Å². The highest BCUT2D eigenvalue weighted by atomic mass is 19.1. The number of halogens is 1. The summed E-state index contributed by atoms with van der Waals surface area (Å²) < 4.78 is 19.3. The highest BCUT2D eigenvalue weighted by Crippen LogP contribution is 2.24. The van der Waals surface area contributed by atoms with Gasteiger partial charge >= 0.3 is 0 Å². The predicted octanol–water partition coefficient (Wildman–Crippen LogP) is 4.18. The Morgan fingerprint density at radius 2 is 1.90 bits per heavy atom. The lowest BCUT2D eigenvalue weighted by Gasteiger charge is -2.27. The second-order valence-electron chi connectivity index (χ2n) is 5.27. The first-order valence-corrected chi connectivity index (χ1v) is 7.72. The summed E-state index contributed by atoms with van der Waals surface area (Å²) in [7, 11) is 1.51. The Morgan fingerprint density at radius 1 is 1.20 bits per heavy atom. The van der Waals surface area contributed by atoms with Gasteiger partial charge in [0.2, 0.25) is 0 Å². The normalized spacial score (nSPS) is 12.7. The Balaban J connectivity index is 2.88. The molecule has 0 aliphatic carbocycles. The van der Waals surface area contributed by atoms with Crippen molar-refractivity contribution in [1.82, 2.24) is 5.32 Å². The van der Waals surface area contributed by atoms with E-state index in [0.717, 1.165) is 37.8 Å². The zero-order valence-corrected chi connectivity index (χ0v) is 13.2. The topological polar surface area (TPSA) is 21.3 Å². The van der Waals surface area contributed by atoms with Crippen LogP contribution in [-0.2, 0) is 6.42 Å². The Bertz CT molecular complexity index is 391. The van der Waals surface area contributed by atoms with Crippen LogP contribution in [0.2, 0.25) is 0 Å². The second kappa shape index (κ2) is 8.96. The van der Waals surface area contributed by atoms with Gasteiger partial charge in [-0.25, -0.2) is 4.39 Å². The fraction of sp³-hybridized carbons (Fsp3) is 0.647. The number of benzene rings is 1. The zero-order valence-electron chi connectivity index (χ0n) is 13.2. The maximum absolute atomic E-state index is 14.3. The van der Waals surface area contributed by atoms with Crippen LogP contribution in [-0.4, -0.2) is 19.7 Å². The number of methoxy groups -OCH3 is 1. The molecule has 0 fully saturated rings. The lowest BCUT2D eigenvalue weighted by molar-refractivity contribution is 0.326. The zero-order chi connectivity index (χ0) is 15.0. The molecule has 0 aliphatic rings. The van der Waals surface area contributed by atoms with Gasteiger partial charge in [-0.15, -0.1) is 0 Å². The molecule has 0 saturated carbocycles. The molecule has 0 saturated heterocycles. The van der Waals surface area contributed by atoms with E-state index in [9.17, 15) is 4.39 Å². The molecule has 3 heteroatoms. The van der Waals surface area contributed by atoms with E-state index in [1.807, 2.05) is 12.1 Å². The van der Waals surface area contributed by atoms with Crippen molar-refractivity contribution >= 4 is 0 Å². The van der Waals surface area contributed by atoms with Crippen LogP contribution < -0.4 is 10.1 Å². The van der Waals surface area contributed by atoms with E-state index in [0.29, 0.717) is 17.7 Å². The third-order valence-electron chi connectivity index (χ3n) is 3.98. The first-order chi connectivity index (χ1) is 9.67. The summed E-state index contributed by atoms with van der Waals surface area (Å²) in [5.74, 6) is 0.692. The summed E-state index contributed by atoms with van der Waals surface area (Å²) in [5.41, 5.74) is 0.741. The minimum atomic E-state index is -0.218. The molecule has 0 amide bonds. The van der Waals surface area contributed by atoms with Gasteiger partial charge in [0.1, 0.15) is 0 Å². The highest BCUT2D eigenvalue weighted by molar-refractivity contribution is 5.31. The van der Waals surface area contributed by atoms with Crippen molar-refractivity contribution in [3.63, 3.8) is 0 Å². The summed E-state index contributed by atoms with van der Waals surface area (Å²) in [6.07, 6.45) is 4.04. The molecule has 1 N–H and O–H groups in total. The molecule has 0 aliphatic heterocycles. The Hall–Kier alpha value is -1.09. The van der Waals surface area contributed by atoms with Crippen molar-refractivity contribution in [1.29, 1.82) is 0 Å². The minimum Gasteiger partial charge on any atom is -0.494 e. The summed E-state index contributed by atoms with van der Waals surface area (Å²) in [6.45, 7) is 7.54. The van der Waals surface area contributed by atoms with Crippen molar-refractivity contribution < 1.29 is 9.13 Å². The van der Waals surface area contributed by atoms with E-state index in [-0.39, 0.29) is 5.82 Å². The van der Waals surface area contributed by atoms with Gasteiger partial charge in [0.25, 0.3) is 0 Å². The van der Waals surface area contributed by atoms with Crippen molar-refractivity contribution in [3.8, 4) is 5.75 Å². The molecule has 1 unspecified atom stereocenters. The maximum Gasteiger partial charge on any atom is 0.168 e. The van der Waals surface area contributed by atoms with Gasteiger partial charge in [-0.05, 0) is 36.9 Å². The Labute approximate surface area is 122 Å². The standard InChI is InChI=1S/C17H28FNO/c1-5-11-19-15(13(6-2)7-3)12-14-9-8-10-16(20-4)17(14)18/h8-10,13,15,19H,5-7,11-12H2,1-4H3. The van der Waals surface area contributed by atoms with Crippen molar-refractivity contribution in [2.24, 2.45) is 5.92 Å². The number of nitrogens with one attached hydrogen (secondary N) is 1. The minimum absolute atomic E-state index is 0.218. The van der Waals surface area contributed by atoms with Crippen molar-refractivity contribution in [2.75, 3.05) is 13.7 Å². The SMILES string of the molecule is CCCNC(Cc1cccc(OC)c1F)C(CC)CC. The summed E-state index contributed by atoms with van der Waals surface area (Å²) >= 11 is 0. The molecule has 0 radical (unpaired) electrons. The monoisotopic (exact) mass is 281 g/mol. The summed E-state index contributed by atoms with van der Waals surface area (Å²) in [5, 5.41) is 3.58. The molecule has 0 heterocycles. The smallest absolute Gasteiger partial charge is 0.168 e. The van der Waals surface area contributed by atoms with Crippen LogP contribution in [0.1, 0.15) is 45.6 Å². The summed E-state index contributed by atoms with van der Waals surface area (Å²) in [6, 6.07) is 5.72. The van der Waals surface area contributed by atoms with E-state index in [4.69, 9.17) is 4.74 Å². The van der Waals surface area contributed by atoms with Gasteiger partial charge in [0, 0.05) is 6.04 Å². The summed E-state index contributed by atoms with van der Waals surface area (Å²) in [4.78, 5) is 0. The van der Waals surface area contributed by atoms with Gasteiger partial charge < -0.3 is 10.1 Å². The molecule has 2 nitrogen and oxygen atoms in total. The van der Waals surface area contributed by atoms with Crippen LogP contribution in [0.25, 0.3) is 0 Å². The van der Waals surface area contributed by atoms with Crippen LogP contribution in [0.3, 0.4) is 0 Å². The maximum atomic E-state index is 14.3. The largest absolute Gasteiger partial charge is 0.494 e. The molecular formula is C17H28FNO. The van der Waals surface area contributed by atoms with Gasteiger partial charge in [-0.2, -0.15) is 0 Å². The number of hydrogen-bond donors (Lipinski definition) is 1. The number of rotatable bonds is 9. The predicted molar refractivity (Wildman–Crippen MR) is 82.8 cm³/mol. The molecule has 0 bridgehead atoms. The molecular weight excluding hydrogens is 253 g/mol. The van der Waals surface area contributed by atoms with E-state index in [1.165, 1.54) is 7.11 Å². The molecule has 1 rings (SSSR count). The van der Waals surface area contributed by atoms with Gasteiger partial charge in [0.05, 0.1) is 7.11 Å². The molecule has 1 atom stereocenters. The van der Waals surface area contributed by atoms with Crippen molar-refractivity contribution in [3.05, 3.63) is 29.6 Å². The quantitative estimate of drug-likeness (QED) is 0.733. The number of ether oxygens (including phenoxy) is 1. The van der Waals surface area contributed by atoms with E-state index in [2.05, 4.69) is 26.1 Å². The first-order valence-electron chi connectivity index (χ1n) is 7.72. The van der Waals surface area contributed by atoms with Gasteiger partial charge in [-0.1, -0.05) is 45.7 Å². The molecule has 1 aromatic carbocycles. The molecule has 0 spiro atoms. The van der Waals surface area contributed by atoms with Crippen molar-refractivity contribution in [2.45, 2.75) is 52.5 Å². The lowest BCUT2D eigenvalue weighted by atomic mass is 9.89. The molecule has 114 valence electrons. The third kappa shape index (κ3) is 4.48. The van der Waals surface area contributed by atoms with Gasteiger partial charge in [-0.3, -0.25) is 0 Å².